The highest BCUT2D eigenvalue weighted by molar-refractivity contribution is 6.09. The van der Waals surface area contributed by atoms with Crippen LogP contribution in [0, 0.1) is 16.0 Å². The van der Waals surface area contributed by atoms with E-state index in [2.05, 4.69) is 10.3 Å². The average Bonchev–Trinajstić information content (AvgIpc) is 2.96. The van der Waals surface area contributed by atoms with Crippen LogP contribution in [0.5, 0.6) is 0 Å². The van der Waals surface area contributed by atoms with Crippen molar-refractivity contribution in [1.29, 1.82) is 0 Å². The average molecular weight is 408 g/mol. The maximum atomic E-state index is 12.8. The summed E-state index contributed by atoms with van der Waals surface area (Å²) in [7, 11) is 1.47. The van der Waals surface area contributed by atoms with Crippen LogP contribution in [0.3, 0.4) is 0 Å². The van der Waals surface area contributed by atoms with Crippen LogP contribution in [-0.4, -0.2) is 40.2 Å². The fourth-order valence-corrected chi connectivity index (χ4v) is 3.26. The van der Waals surface area contributed by atoms with E-state index in [1.165, 1.54) is 42.4 Å². The summed E-state index contributed by atoms with van der Waals surface area (Å²) in [5.74, 6) is -3.84. The van der Waals surface area contributed by atoms with Crippen LogP contribution >= 0.6 is 0 Å². The topological polar surface area (TPSA) is 105 Å². The molecule has 0 bridgehead atoms. The number of halogens is 3. The Morgan fingerprint density at radius 2 is 1.93 bits per heavy atom. The van der Waals surface area contributed by atoms with Crippen molar-refractivity contribution in [2.75, 3.05) is 18.9 Å². The molecule has 0 radical (unpaired) electrons. The predicted octanol–water partition coefficient (Wildman–Crippen LogP) is 2.82. The monoisotopic (exact) mass is 408 g/mol. The summed E-state index contributed by atoms with van der Waals surface area (Å²) in [4.78, 5) is 40.4. The highest BCUT2D eigenvalue weighted by Crippen LogP contribution is 2.36. The van der Waals surface area contributed by atoms with Gasteiger partial charge in [0.25, 0.3) is 0 Å². The Kier molecular flexibility index (Phi) is 5.23. The zero-order valence-corrected chi connectivity index (χ0v) is 15.0. The summed E-state index contributed by atoms with van der Waals surface area (Å²) in [6.07, 6.45) is -3.32. The molecule has 0 spiro atoms. The van der Waals surface area contributed by atoms with E-state index in [1.807, 2.05) is 0 Å². The van der Waals surface area contributed by atoms with Crippen LogP contribution in [0.4, 0.5) is 24.7 Å². The van der Waals surface area contributed by atoms with Crippen molar-refractivity contribution in [2.24, 2.45) is 5.92 Å². The Balaban J connectivity index is 1.89. The van der Waals surface area contributed by atoms with E-state index in [0.717, 1.165) is 12.1 Å². The molecule has 0 aliphatic carbocycles. The van der Waals surface area contributed by atoms with E-state index in [0.29, 0.717) is 5.56 Å². The van der Waals surface area contributed by atoms with Crippen LogP contribution in [0.1, 0.15) is 17.0 Å². The summed E-state index contributed by atoms with van der Waals surface area (Å²) in [5, 5.41) is 13.4. The second-order valence-electron chi connectivity index (χ2n) is 6.54. The second kappa shape index (κ2) is 7.49. The number of hydrogen-bond donors (Lipinski definition) is 1. The number of nitrogens with one attached hydrogen (secondary N) is 1. The van der Waals surface area contributed by atoms with Gasteiger partial charge in [-0.1, -0.05) is 12.1 Å². The van der Waals surface area contributed by atoms with Gasteiger partial charge in [0, 0.05) is 19.5 Å². The molecule has 2 heterocycles. The molecule has 2 atom stereocenters. The number of nitrogens with zero attached hydrogens (tertiary/aromatic N) is 3. The van der Waals surface area contributed by atoms with Crippen LogP contribution in [0.25, 0.3) is 0 Å². The standard InChI is InChI=1S/C18H15F3N4O4/c1-24-9-12(10-4-6-11(7-5-10)18(19,20)21)14(17(24)27)16(26)23-13-3-2-8-22-15(13)25(28)29/h2-8,12,14H,9H2,1H3,(H,23,26)/t12-,14+/m1/s1. The Morgan fingerprint density at radius 3 is 2.52 bits per heavy atom. The molecular formula is C18H15F3N4O4. The smallest absolute Gasteiger partial charge is 0.358 e. The molecule has 1 N–H and O–H groups in total. The van der Waals surface area contributed by atoms with Crippen molar-refractivity contribution in [3.05, 3.63) is 63.8 Å². The summed E-state index contributed by atoms with van der Waals surface area (Å²) in [5.41, 5.74) is -0.626. The van der Waals surface area contributed by atoms with E-state index in [1.54, 1.807) is 0 Å². The molecule has 1 aromatic carbocycles. The van der Waals surface area contributed by atoms with Crippen LogP contribution in [0.15, 0.2) is 42.6 Å². The molecule has 1 fully saturated rings. The molecular weight excluding hydrogens is 393 g/mol. The van der Waals surface area contributed by atoms with Gasteiger partial charge in [0.2, 0.25) is 11.8 Å². The van der Waals surface area contributed by atoms with E-state index in [-0.39, 0.29) is 12.2 Å². The lowest BCUT2D eigenvalue weighted by Gasteiger charge is -2.17. The summed E-state index contributed by atoms with van der Waals surface area (Å²) >= 11 is 0. The lowest BCUT2D eigenvalue weighted by molar-refractivity contribution is -0.388. The Labute approximate surface area is 162 Å². The third-order valence-electron chi connectivity index (χ3n) is 4.68. The third kappa shape index (κ3) is 4.03. The van der Waals surface area contributed by atoms with Crippen LogP contribution < -0.4 is 5.32 Å². The van der Waals surface area contributed by atoms with Crippen molar-refractivity contribution >= 4 is 23.3 Å². The van der Waals surface area contributed by atoms with Crippen LogP contribution in [0.2, 0.25) is 0 Å². The number of nitro groups is 1. The fraction of sp³-hybridized carbons (Fsp3) is 0.278. The van der Waals surface area contributed by atoms with Gasteiger partial charge in [0.1, 0.15) is 17.8 Å². The molecule has 1 saturated heterocycles. The van der Waals surface area contributed by atoms with Crippen molar-refractivity contribution in [1.82, 2.24) is 9.88 Å². The minimum atomic E-state index is -4.50. The predicted molar refractivity (Wildman–Crippen MR) is 94.8 cm³/mol. The Morgan fingerprint density at radius 1 is 1.28 bits per heavy atom. The first-order chi connectivity index (χ1) is 13.6. The van der Waals surface area contributed by atoms with E-state index < -0.39 is 46.1 Å². The molecule has 1 aliphatic heterocycles. The summed E-state index contributed by atoms with van der Waals surface area (Å²) < 4.78 is 38.4. The number of alkyl halides is 3. The number of rotatable bonds is 4. The Bertz CT molecular complexity index is 962. The van der Waals surface area contributed by atoms with Crippen molar-refractivity contribution in [3.63, 3.8) is 0 Å². The number of carbonyl (C=O) groups is 2. The van der Waals surface area contributed by atoms with Gasteiger partial charge in [-0.3, -0.25) is 9.59 Å². The number of likely N-dealkylation sites (tertiary alicyclic amines) is 1. The quantitative estimate of drug-likeness (QED) is 0.476. The normalized spacial score (nSPS) is 19.3. The third-order valence-corrected chi connectivity index (χ3v) is 4.68. The summed E-state index contributed by atoms with van der Waals surface area (Å²) in [6, 6.07) is 6.90. The molecule has 1 aromatic heterocycles. The SMILES string of the molecule is CN1C[C@H](c2ccc(C(F)(F)F)cc2)[C@@H](C(=O)Nc2cccnc2[N+](=O)[O-])C1=O. The van der Waals surface area contributed by atoms with Crippen molar-refractivity contribution in [3.8, 4) is 0 Å². The van der Waals surface area contributed by atoms with E-state index in [4.69, 9.17) is 0 Å². The van der Waals surface area contributed by atoms with Crippen molar-refractivity contribution in [2.45, 2.75) is 12.1 Å². The molecule has 2 aromatic rings. The first kappa shape index (κ1) is 20.2. The van der Waals surface area contributed by atoms with Gasteiger partial charge in [0.15, 0.2) is 0 Å². The zero-order chi connectivity index (χ0) is 21.3. The number of amides is 2. The molecule has 1 aliphatic rings. The maximum absolute atomic E-state index is 12.8. The van der Waals surface area contributed by atoms with Gasteiger partial charge in [-0.2, -0.15) is 13.2 Å². The molecule has 8 nitrogen and oxygen atoms in total. The molecule has 29 heavy (non-hydrogen) atoms. The lowest BCUT2D eigenvalue weighted by atomic mass is 9.87. The molecule has 152 valence electrons. The number of likely N-dealkylation sites (N-methyl/N-ethyl adjacent to an activating group) is 1. The number of carbonyl (C=O) groups excluding carboxylic acids is 2. The zero-order valence-electron chi connectivity index (χ0n) is 15.0. The fourth-order valence-electron chi connectivity index (χ4n) is 3.26. The number of pyridine rings is 1. The van der Waals surface area contributed by atoms with Crippen molar-refractivity contribution < 1.29 is 27.7 Å². The molecule has 0 unspecified atom stereocenters. The van der Waals surface area contributed by atoms with Gasteiger partial charge in [-0.05, 0) is 39.7 Å². The van der Waals surface area contributed by atoms with Gasteiger partial charge >= 0.3 is 12.0 Å². The van der Waals surface area contributed by atoms with Gasteiger partial charge in [-0.25, -0.2) is 0 Å². The Hall–Kier alpha value is -3.50. The number of benzene rings is 1. The number of aromatic nitrogens is 1. The van der Waals surface area contributed by atoms with Gasteiger partial charge < -0.3 is 20.3 Å². The molecule has 2 amide bonds. The minimum Gasteiger partial charge on any atom is -0.358 e. The molecule has 11 heteroatoms. The van der Waals surface area contributed by atoms with Gasteiger partial charge in [-0.15, -0.1) is 0 Å². The maximum Gasteiger partial charge on any atom is 0.416 e. The molecule has 0 saturated carbocycles. The lowest BCUT2D eigenvalue weighted by Crippen LogP contribution is -2.33. The first-order valence-electron chi connectivity index (χ1n) is 8.42. The van der Waals surface area contributed by atoms with Crippen LogP contribution in [-0.2, 0) is 15.8 Å². The van der Waals surface area contributed by atoms with E-state index >= 15 is 0 Å². The minimum absolute atomic E-state index is 0.122. The number of hydrogen-bond acceptors (Lipinski definition) is 5. The largest absolute Gasteiger partial charge is 0.416 e. The molecule has 3 rings (SSSR count). The van der Waals surface area contributed by atoms with Gasteiger partial charge in [0.05, 0.1) is 5.56 Å². The summed E-state index contributed by atoms with van der Waals surface area (Å²) in [6.45, 7) is 0.122. The highest BCUT2D eigenvalue weighted by Gasteiger charge is 2.45. The second-order valence-corrected chi connectivity index (χ2v) is 6.54. The first-order valence-corrected chi connectivity index (χ1v) is 8.42. The highest BCUT2D eigenvalue weighted by atomic mass is 19.4. The number of anilines is 1. The van der Waals surface area contributed by atoms with E-state index in [9.17, 15) is 32.9 Å².